The van der Waals surface area contributed by atoms with Crippen LogP contribution in [0.5, 0.6) is 0 Å². The zero-order valence-electron chi connectivity index (χ0n) is 11.3. The van der Waals surface area contributed by atoms with Gasteiger partial charge in [0.1, 0.15) is 0 Å². The number of hydrogen-bond donors (Lipinski definition) is 0. The van der Waals surface area contributed by atoms with Crippen LogP contribution in [0.15, 0.2) is 22.7 Å². The highest BCUT2D eigenvalue weighted by Crippen LogP contribution is 2.26. The Morgan fingerprint density at radius 1 is 1.32 bits per heavy atom. The molecule has 0 unspecified atom stereocenters. The summed E-state index contributed by atoms with van der Waals surface area (Å²) in [6, 6.07) is 6.11. The molecule has 19 heavy (non-hydrogen) atoms. The second kappa shape index (κ2) is 5.17. The Bertz CT molecular complexity index is 647. The zero-order chi connectivity index (χ0) is 14.2. The van der Waals surface area contributed by atoms with E-state index < -0.39 is 5.97 Å². The van der Waals surface area contributed by atoms with Crippen molar-refractivity contribution >= 4 is 21.9 Å². The minimum atomic E-state index is -0.446. The van der Waals surface area contributed by atoms with E-state index in [0.717, 1.165) is 16.9 Å². The van der Waals surface area contributed by atoms with Crippen LogP contribution in [0.25, 0.3) is 5.69 Å². The molecule has 0 amide bonds. The van der Waals surface area contributed by atoms with E-state index in [4.69, 9.17) is 4.74 Å². The van der Waals surface area contributed by atoms with E-state index in [2.05, 4.69) is 27.1 Å². The van der Waals surface area contributed by atoms with Gasteiger partial charge in [-0.3, -0.25) is 0 Å². The number of benzene rings is 1. The fraction of sp³-hybridized carbons (Fsp3) is 0.286. The van der Waals surface area contributed by atoms with Crippen molar-refractivity contribution in [2.75, 3.05) is 7.11 Å². The van der Waals surface area contributed by atoms with Crippen molar-refractivity contribution in [1.82, 2.24) is 9.78 Å². The number of nitrogens with zero attached hydrogens (tertiary/aromatic N) is 2. The first-order chi connectivity index (χ1) is 8.95. The van der Waals surface area contributed by atoms with Crippen molar-refractivity contribution in [3.8, 4) is 5.69 Å². The molecule has 1 heterocycles. The summed E-state index contributed by atoms with van der Waals surface area (Å²) in [5, 5.41) is 4.34. The van der Waals surface area contributed by atoms with Gasteiger partial charge in [-0.15, -0.1) is 0 Å². The summed E-state index contributed by atoms with van der Waals surface area (Å²) in [5.41, 5.74) is 4.42. The molecule has 4 nitrogen and oxygen atoms in total. The number of rotatable bonds is 2. The Balaban J connectivity index is 2.60. The number of halogens is 1. The van der Waals surface area contributed by atoms with Crippen molar-refractivity contribution < 1.29 is 9.53 Å². The molecule has 1 aromatic heterocycles. The summed E-state index contributed by atoms with van der Waals surface area (Å²) >= 11 is 3.39. The number of esters is 1. The topological polar surface area (TPSA) is 44.1 Å². The predicted molar refractivity (Wildman–Crippen MR) is 76.8 cm³/mol. The summed E-state index contributed by atoms with van der Waals surface area (Å²) in [5.74, 6) is -0.446. The van der Waals surface area contributed by atoms with Crippen LogP contribution >= 0.6 is 15.9 Å². The molecule has 0 fully saturated rings. The van der Waals surface area contributed by atoms with Gasteiger partial charge >= 0.3 is 5.97 Å². The standard InChI is InChI=1S/C14H15BrN2O2/c1-8-5-6-11(9(2)7-8)17-10(3)12(15)13(16-17)14(18)19-4/h5-7H,1-4H3. The molecule has 5 heteroatoms. The summed E-state index contributed by atoms with van der Waals surface area (Å²) in [6.07, 6.45) is 0. The molecule has 0 aliphatic rings. The summed E-state index contributed by atoms with van der Waals surface area (Å²) in [7, 11) is 1.35. The van der Waals surface area contributed by atoms with E-state index in [1.54, 1.807) is 4.68 Å². The molecule has 100 valence electrons. The van der Waals surface area contributed by atoms with Crippen LogP contribution in [0.4, 0.5) is 0 Å². The zero-order valence-corrected chi connectivity index (χ0v) is 12.9. The van der Waals surface area contributed by atoms with Crippen molar-refractivity contribution in [2.45, 2.75) is 20.8 Å². The van der Waals surface area contributed by atoms with E-state index in [-0.39, 0.29) is 0 Å². The molecule has 0 spiro atoms. The quantitative estimate of drug-likeness (QED) is 0.796. The average molecular weight is 323 g/mol. The summed E-state index contributed by atoms with van der Waals surface area (Å²) < 4.78 is 7.15. The van der Waals surface area contributed by atoms with E-state index in [1.165, 1.54) is 12.7 Å². The van der Waals surface area contributed by atoms with Gasteiger partial charge in [0.05, 0.1) is 23.0 Å². The number of aryl methyl sites for hydroxylation is 2. The minimum Gasteiger partial charge on any atom is -0.464 e. The lowest BCUT2D eigenvalue weighted by molar-refractivity contribution is 0.0592. The predicted octanol–water partition coefficient (Wildman–Crippen LogP) is 3.35. The molecule has 0 saturated carbocycles. The second-order valence-electron chi connectivity index (χ2n) is 4.44. The normalized spacial score (nSPS) is 10.6. The van der Waals surface area contributed by atoms with Crippen molar-refractivity contribution in [3.63, 3.8) is 0 Å². The first-order valence-corrected chi connectivity index (χ1v) is 6.66. The lowest BCUT2D eigenvalue weighted by Crippen LogP contribution is -2.05. The number of carbonyl (C=O) groups is 1. The molecule has 0 saturated heterocycles. The van der Waals surface area contributed by atoms with Gasteiger partial charge in [-0.05, 0) is 48.3 Å². The largest absolute Gasteiger partial charge is 0.464 e. The summed E-state index contributed by atoms with van der Waals surface area (Å²) in [6.45, 7) is 5.97. The fourth-order valence-electron chi connectivity index (χ4n) is 1.99. The molecular formula is C14H15BrN2O2. The molecular weight excluding hydrogens is 308 g/mol. The third-order valence-corrected chi connectivity index (χ3v) is 3.95. The molecule has 0 bridgehead atoms. The molecule has 2 rings (SSSR count). The van der Waals surface area contributed by atoms with Gasteiger partial charge in [0.2, 0.25) is 0 Å². The van der Waals surface area contributed by atoms with E-state index in [1.807, 2.05) is 32.9 Å². The van der Waals surface area contributed by atoms with Crippen LogP contribution in [-0.2, 0) is 4.74 Å². The van der Waals surface area contributed by atoms with E-state index in [9.17, 15) is 4.79 Å². The molecule has 0 N–H and O–H groups in total. The van der Waals surface area contributed by atoms with Crippen LogP contribution < -0.4 is 0 Å². The van der Waals surface area contributed by atoms with Crippen LogP contribution in [-0.4, -0.2) is 22.9 Å². The third kappa shape index (κ3) is 2.42. The molecule has 0 radical (unpaired) electrons. The monoisotopic (exact) mass is 322 g/mol. The number of hydrogen-bond acceptors (Lipinski definition) is 3. The molecule has 0 aliphatic carbocycles. The van der Waals surface area contributed by atoms with Gasteiger partial charge in [-0.25, -0.2) is 9.48 Å². The second-order valence-corrected chi connectivity index (χ2v) is 5.23. The third-order valence-electron chi connectivity index (χ3n) is 3.00. The Morgan fingerprint density at radius 3 is 2.58 bits per heavy atom. The maximum absolute atomic E-state index is 11.6. The van der Waals surface area contributed by atoms with E-state index in [0.29, 0.717) is 10.2 Å². The number of methoxy groups -OCH3 is 1. The Hall–Kier alpha value is -1.62. The van der Waals surface area contributed by atoms with Crippen molar-refractivity contribution in [2.24, 2.45) is 0 Å². The van der Waals surface area contributed by atoms with Crippen LogP contribution in [0.1, 0.15) is 27.3 Å². The Kier molecular flexibility index (Phi) is 3.75. The first-order valence-electron chi connectivity index (χ1n) is 5.86. The maximum Gasteiger partial charge on any atom is 0.359 e. The highest BCUT2D eigenvalue weighted by atomic mass is 79.9. The van der Waals surface area contributed by atoms with Crippen LogP contribution in [0.2, 0.25) is 0 Å². The molecule has 0 atom stereocenters. The molecule has 2 aromatic rings. The van der Waals surface area contributed by atoms with Crippen molar-refractivity contribution in [1.29, 1.82) is 0 Å². The number of carbonyl (C=O) groups excluding carboxylic acids is 1. The minimum absolute atomic E-state index is 0.292. The highest BCUT2D eigenvalue weighted by Gasteiger charge is 2.20. The van der Waals surface area contributed by atoms with Crippen molar-refractivity contribution in [3.05, 3.63) is 45.2 Å². The first kappa shape index (κ1) is 13.8. The van der Waals surface area contributed by atoms with Gasteiger partial charge in [0.25, 0.3) is 0 Å². The number of ether oxygens (including phenoxy) is 1. The van der Waals surface area contributed by atoms with Gasteiger partial charge in [-0.1, -0.05) is 17.7 Å². The SMILES string of the molecule is COC(=O)c1nn(-c2ccc(C)cc2C)c(C)c1Br. The van der Waals surface area contributed by atoms with Crippen LogP contribution in [0.3, 0.4) is 0 Å². The highest BCUT2D eigenvalue weighted by molar-refractivity contribution is 9.10. The lowest BCUT2D eigenvalue weighted by atomic mass is 10.1. The number of aromatic nitrogens is 2. The van der Waals surface area contributed by atoms with Gasteiger partial charge in [0, 0.05) is 0 Å². The lowest BCUT2D eigenvalue weighted by Gasteiger charge is -2.08. The fourth-order valence-corrected chi connectivity index (χ4v) is 2.40. The Morgan fingerprint density at radius 2 is 2.00 bits per heavy atom. The van der Waals surface area contributed by atoms with Gasteiger partial charge in [0.15, 0.2) is 5.69 Å². The smallest absolute Gasteiger partial charge is 0.359 e. The van der Waals surface area contributed by atoms with Gasteiger partial charge in [-0.2, -0.15) is 5.10 Å². The maximum atomic E-state index is 11.6. The average Bonchev–Trinajstić information content (AvgIpc) is 2.66. The molecule has 1 aromatic carbocycles. The van der Waals surface area contributed by atoms with Crippen LogP contribution in [0, 0.1) is 20.8 Å². The summed E-state index contributed by atoms with van der Waals surface area (Å²) in [4.78, 5) is 11.6. The Labute approximate surface area is 120 Å². The molecule has 0 aliphatic heterocycles. The van der Waals surface area contributed by atoms with E-state index >= 15 is 0 Å². The van der Waals surface area contributed by atoms with Gasteiger partial charge < -0.3 is 4.74 Å².